The summed E-state index contributed by atoms with van der Waals surface area (Å²) in [6.45, 7) is 5.50. The van der Waals surface area contributed by atoms with Gasteiger partial charge in [0.15, 0.2) is 11.5 Å². The summed E-state index contributed by atoms with van der Waals surface area (Å²) in [6.07, 6.45) is 2.25. The highest BCUT2D eigenvalue weighted by Crippen LogP contribution is 2.29. The largest absolute Gasteiger partial charge is 0.493 e. The fraction of sp³-hybridized carbons (Fsp3) is 0.389. The Kier molecular flexibility index (Phi) is 4.54. The molecule has 3 rings (SSSR count). The maximum absolute atomic E-state index is 9.11. The van der Waals surface area contributed by atoms with E-state index >= 15 is 0 Å². The van der Waals surface area contributed by atoms with Gasteiger partial charge in [-0.05, 0) is 30.7 Å². The minimum Gasteiger partial charge on any atom is -0.493 e. The molecule has 2 aromatic rings. The van der Waals surface area contributed by atoms with Crippen molar-refractivity contribution in [3.63, 3.8) is 0 Å². The fourth-order valence-electron chi connectivity index (χ4n) is 2.89. The van der Waals surface area contributed by atoms with Gasteiger partial charge in [0.05, 0.1) is 7.11 Å². The van der Waals surface area contributed by atoms with Crippen molar-refractivity contribution in [3.05, 3.63) is 47.8 Å². The predicted molar refractivity (Wildman–Crippen MR) is 87.5 cm³/mol. The molecule has 0 bridgehead atoms. The molecule has 5 heteroatoms. The highest BCUT2D eigenvalue weighted by Gasteiger charge is 2.29. The summed E-state index contributed by atoms with van der Waals surface area (Å²) < 4.78 is 13.3. The minimum absolute atomic E-state index is 0.190. The van der Waals surface area contributed by atoms with Crippen LogP contribution in [0.1, 0.15) is 18.2 Å². The van der Waals surface area contributed by atoms with Crippen molar-refractivity contribution in [2.24, 2.45) is 0 Å². The summed E-state index contributed by atoms with van der Waals surface area (Å²) in [4.78, 5) is 2.32. The first kappa shape index (κ1) is 15.4. The lowest BCUT2D eigenvalue weighted by atomic mass is 10.1. The number of nitriles is 1. The van der Waals surface area contributed by atoms with Crippen LogP contribution < -0.4 is 9.47 Å². The molecule has 0 saturated carbocycles. The van der Waals surface area contributed by atoms with Gasteiger partial charge in [-0.3, -0.25) is 4.90 Å². The topological polar surface area (TPSA) is 50.4 Å². The van der Waals surface area contributed by atoms with E-state index in [4.69, 9.17) is 14.7 Å². The smallest absolute Gasteiger partial charge is 0.161 e. The molecule has 0 N–H and O–H groups in total. The summed E-state index contributed by atoms with van der Waals surface area (Å²) in [5.41, 5.74) is 1.91. The molecule has 1 aliphatic heterocycles. The Balaban J connectivity index is 1.53. The maximum Gasteiger partial charge on any atom is 0.161 e. The molecule has 0 unspecified atom stereocenters. The second-order valence-corrected chi connectivity index (χ2v) is 5.72. The number of aromatic nitrogens is 1. The zero-order valence-electron chi connectivity index (χ0n) is 13.5. The summed E-state index contributed by atoms with van der Waals surface area (Å²) in [6, 6.07) is 11.9. The predicted octanol–water partition coefficient (Wildman–Crippen LogP) is 2.65. The van der Waals surface area contributed by atoms with E-state index < -0.39 is 0 Å². The normalized spacial score (nSPS) is 15.0. The van der Waals surface area contributed by atoms with E-state index in [1.165, 1.54) is 5.56 Å². The summed E-state index contributed by atoms with van der Waals surface area (Å²) in [7, 11) is 1.65. The SMILES string of the molecule is CCn1cc(CN2CC(Oc3ccccc3OC)C2)cc1C#N. The van der Waals surface area contributed by atoms with E-state index in [1.807, 2.05) is 41.8 Å². The van der Waals surface area contributed by atoms with Gasteiger partial charge in [0.1, 0.15) is 17.9 Å². The lowest BCUT2D eigenvalue weighted by Crippen LogP contribution is -2.53. The van der Waals surface area contributed by atoms with Gasteiger partial charge in [-0.2, -0.15) is 5.26 Å². The van der Waals surface area contributed by atoms with Crippen LogP contribution in [0.2, 0.25) is 0 Å². The molecular weight excluding hydrogens is 290 g/mol. The van der Waals surface area contributed by atoms with Gasteiger partial charge >= 0.3 is 0 Å². The molecule has 1 aromatic heterocycles. The Labute approximate surface area is 136 Å². The van der Waals surface area contributed by atoms with Crippen molar-refractivity contribution in [2.45, 2.75) is 26.1 Å². The first-order chi connectivity index (χ1) is 11.2. The number of aryl methyl sites for hydroxylation is 1. The zero-order chi connectivity index (χ0) is 16.2. The molecule has 0 spiro atoms. The van der Waals surface area contributed by atoms with Gasteiger partial charge in [0, 0.05) is 32.4 Å². The molecule has 2 heterocycles. The van der Waals surface area contributed by atoms with Gasteiger partial charge in [0.2, 0.25) is 0 Å². The van der Waals surface area contributed by atoms with Gasteiger partial charge in [0.25, 0.3) is 0 Å². The van der Waals surface area contributed by atoms with E-state index in [1.54, 1.807) is 7.11 Å². The third-order valence-corrected chi connectivity index (χ3v) is 4.10. The van der Waals surface area contributed by atoms with Crippen LogP contribution in [0.3, 0.4) is 0 Å². The van der Waals surface area contributed by atoms with Crippen LogP contribution in [0.25, 0.3) is 0 Å². The van der Waals surface area contributed by atoms with E-state index in [-0.39, 0.29) is 6.10 Å². The third kappa shape index (κ3) is 3.33. The van der Waals surface area contributed by atoms with Crippen LogP contribution in [0.5, 0.6) is 11.5 Å². The molecule has 1 saturated heterocycles. The maximum atomic E-state index is 9.11. The Morgan fingerprint density at radius 2 is 2.00 bits per heavy atom. The Bertz CT molecular complexity index is 711. The molecular formula is C18H21N3O2. The van der Waals surface area contributed by atoms with Crippen molar-refractivity contribution >= 4 is 0 Å². The molecule has 5 nitrogen and oxygen atoms in total. The lowest BCUT2D eigenvalue weighted by molar-refractivity contribution is 0.0131. The van der Waals surface area contributed by atoms with E-state index in [0.29, 0.717) is 0 Å². The summed E-state index contributed by atoms with van der Waals surface area (Å²) >= 11 is 0. The van der Waals surface area contributed by atoms with Crippen LogP contribution in [-0.4, -0.2) is 35.8 Å². The number of ether oxygens (including phenoxy) is 2. The highest BCUT2D eigenvalue weighted by molar-refractivity contribution is 5.39. The molecule has 1 aliphatic rings. The number of nitrogens with zero attached hydrogens (tertiary/aromatic N) is 3. The molecule has 0 amide bonds. The first-order valence-electron chi connectivity index (χ1n) is 7.84. The number of hydrogen-bond acceptors (Lipinski definition) is 4. The molecule has 0 atom stereocenters. The van der Waals surface area contributed by atoms with Crippen molar-refractivity contribution in [3.8, 4) is 17.6 Å². The number of para-hydroxylation sites is 2. The quantitative estimate of drug-likeness (QED) is 0.823. The van der Waals surface area contributed by atoms with Crippen molar-refractivity contribution in [2.75, 3.05) is 20.2 Å². The van der Waals surface area contributed by atoms with Crippen LogP contribution in [0.15, 0.2) is 36.5 Å². The molecule has 120 valence electrons. The molecule has 1 fully saturated rings. The van der Waals surface area contributed by atoms with Gasteiger partial charge in [-0.15, -0.1) is 0 Å². The number of hydrogen-bond donors (Lipinski definition) is 0. The second kappa shape index (κ2) is 6.76. The van der Waals surface area contributed by atoms with Crippen LogP contribution >= 0.6 is 0 Å². The standard InChI is InChI=1S/C18H21N3O2/c1-3-21-11-14(8-15(21)9-19)10-20-12-16(13-20)23-18-7-5-4-6-17(18)22-2/h4-8,11,16H,3,10,12-13H2,1-2H3. The van der Waals surface area contributed by atoms with Crippen molar-refractivity contribution in [1.29, 1.82) is 5.26 Å². The van der Waals surface area contributed by atoms with Gasteiger partial charge in [-0.1, -0.05) is 12.1 Å². The highest BCUT2D eigenvalue weighted by atomic mass is 16.5. The minimum atomic E-state index is 0.190. The Hall–Kier alpha value is -2.45. The summed E-state index contributed by atoms with van der Waals surface area (Å²) in [5, 5.41) is 9.11. The molecule has 0 aliphatic carbocycles. The van der Waals surface area contributed by atoms with Crippen LogP contribution in [0.4, 0.5) is 0 Å². The number of methoxy groups -OCH3 is 1. The fourth-order valence-corrected chi connectivity index (χ4v) is 2.89. The Morgan fingerprint density at radius 1 is 1.26 bits per heavy atom. The van der Waals surface area contributed by atoms with Gasteiger partial charge < -0.3 is 14.0 Å². The van der Waals surface area contributed by atoms with Crippen LogP contribution in [-0.2, 0) is 13.1 Å². The lowest BCUT2D eigenvalue weighted by Gasteiger charge is -2.39. The monoisotopic (exact) mass is 311 g/mol. The van der Waals surface area contributed by atoms with E-state index in [0.717, 1.165) is 43.4 Å². The van der Waals surface area contributed by atoms with E-state index in [9.17, 15) is 0 Å². The third-order valence-electron chi connectivity index (χ3n) is 4.10. The summed E-state index contributed by atoms with van der Waals surface area (Å²) in [5.74, 6) is 1.56. The Morgan fingerprint density at radius 3 is 2.61 bits per heavy atom. The number of likely N-dealkylation sites (tertiary alicyclic amines) is 1. The average Bonchev–Trinajstić information content (AvgIpc) is 2.95. The van der Waals surface area contributed by atoms with Gasteiger partial charge in [-0.25, -0.2) is 0 Å². The number of rotatable bonds is 6. The van der Waals surface area contributed by atoms with Crippen LogP contribution in [0, 0.1) is 11.3 Å². The van der Waals surface area contributed by atoms with Crippen molar-refractivity contribution in [1.82, 2.24) is 9.47 Å². The zero-order valence-corrected chi connectivity index (χ0v) is 13.5. The second-order valence-electron chi connectivity index (χ2n) is 5.72. The van der Waals surface area contributed by atoms with E-state index in [2.05, 4.69) is 17.2 Å². The first-order valence-corrected chi connectivity index (χ1v) is 7.84. The van der Waals surface area contributed by atoms with Crippen molar-refractivity contribution < 1.29 is 9.47 Å². The molecule has 1 aromatic carbocycles. The molecule has 0 radical (unpaired) electrons. The number of benzene rings is 1. The average molecular weight is 311 g/mol. The molecule has 23 heavy (non-hydrogen) atoms.